The zero-order valence-electron chi connectivity index (χ0n) is 10.9. The minimum Gasteiger partial charge on any atom is -0.508 e. The minimum atomic E-state index is 0.241. The van der Waals surface area contributed by atoms with E-state index in [-0.39, 0.29) is 5.75 Å². The maximum absolute atomic E-state index is 9.45. The molecule has 0 aliphatic rings. The molecule has 0 atom stereocenters. The molecule has 2 aromatic carbocycles. The van der Waals surface area contributed by atoms with Gasteiger partial charge in [-0.1, -0.05) is 0 Å². The lowest BCUT2D eigenvalue weighted by Gasteiger charge is -2.11. The van der Waals surface area contributed by atoms with Crippen molar-refractivity contribution in [2.24, 2.45) is 0 Å². The number of hydrogen-bond donors (Lipinski definition) is 2. The molecule has 0 spiro atoms. The quantitative estimate of drug-likeness (QED) is 0.738. The molecule has 0 saturated carbocycles. The smallest absolute Gasteiger partial charge is 0.138 e. The summed E-state index contributed by atoms with van der Waals surface area (Å²) in [7, 11) is 4.03. The molecule has 0 aliphatic carbocycles. The number of imidazole rings is 1. The van der Waals surface area contributed by atoms with Crippen LogP contribution in [0.1, 0.15) is 0 Å². The first-order valence-corrected chi connectivity index (χ1v) is 6.10. The van der Waals surface area contributed by atoms with Crippen LogP contribution in [0.3, 0.4) is 0 Å². The molecule has 1 heterocycles. The van der Waals surface area contributed by atoms with Crippen molar-refractivity contribution in [3.05, 3.63) is 42.5 Å². The lowest BCUT2D eigenvalue weighted by Crippen LogP contribution is -2.07. The number of nitrogens with one attached hydrogen (secondary N) is 1. The Morgan fingerprint density at radius 3 is 2.47 bits per heavy atom. The maximum Gasteiger partial charge on any atom is 0.138 e. The van der Waals surface area contributed by atoms with Crippen LogP contribution < -0.4 is 4.90 Å². The second-order valence-corrected chi connectivity index (χ2v) is 4.73. The van der Waals surface area contributed by atoms with E-state index in [0.29, 0.717) is 0 Å². The fourth-order valence-corrected chi connectivity index (χ4v) is 2.05. The molecule has 0 aliphatic heterocycles. The lowest BCUT2D eigenvalue weighted by atomic mass is 10.2. The summed E-state index contributed by atoms with van der Waals surface area (Å²) in [6, 6.07) is 13.3. The number of hydrogen-bond acceptors (Lipinski definition) is 3. The van der Waals surface area contributed by atoms with Crippen LogP contribution >= 0.6 is 0 Å². The number of rotatable bonds is 2. The van der Waals surface area contributed by atoms with E-state index in [1.54, 1.807) is 18.2 Å². The van der Waals surface area contributed by atoms with E-state index in [4.69, 9.17) is 0 Å². The van der Waals surface area contributed by atoms with Gasteiger partial charge in [-0.05, 0) is 36.4 Å². The molecule has 3 rings (SSSR count). The average Bonchev–Trinajstić information content (AvgIpc) is 2.81. The predicted octanol–water partition coefficient (Wildman–Crippen LogP) is 3.00. The Labute approximate surface area is 111 Å². The van der Waals surface area contributed by atoms with E-state index in [9.17, 15) is 5.11 Å². The number of fused-ring (bicyclic) bond motifs is 1. The van der Waals surface area contributed by atoms with Crippen LogP contribution in [0.2, 0.25) is 0 Å². The van der Waals surface area contributed by atoms with Crippen LogP contribution in [-0.2, 0) is 0 Å². The molecule has 2 N–H and O–H groups in total. The van der Waals surface area contributed by atoms with Gasteiger partial charge in [0.25, 0.3) is 0 Å². The number of anilines is 1. The zero-order valence-corrected chi connectivity index (χ0v) is 10.9. The minimum absolute atomic E-state index is 0.241. The summed E-state index contributed by atoms with van der Waals surface area (Å²) in [5, 5.41) is 9.45. The van der Waals surface area contributed by atoms with Gasteiger partial charge in [0.1, 0.15) is 11.6 Å². The van der Waals surface area contributed by atoms with Gasteiger partial charge in [0.15, 0.2) is 0 Å². The predicted molar refractivity (Wildman–Crippen MR) is 77.5 cm³/mol. The van der Waals surface area contributed by atoms with Gasteiger partial charge in [0.2, 0.25) is 0 Å². The lowest BCUT2D eigenvalue weighted by molar-refractivity contribution is 0.476. The molecule has 0 bridgehead atoms. The first-order chi connectivity index (χ1) is 9.13. The SMILES string of the molecule is CN(C)c1ccc(-c2nc3ccc(O)cc3[nH]2)cc1. The van der Waals surface area contributed by atoms with Crippen molar-refractivity contribution in [1.82, 2.24) is 9.97 Å². The number of benzene rings is 2. The van der Waals surface area contributed by atoms with Gasteiger partial charge in [0.05, 0.1) is 11.0 Å². The molecule has 4 nitrogen and oxygen atoms in total. The van der Waals surface area contributed by atoms with Gasteiger partial charge in [0, 0.05) is 31.4 Å². The standard InChI is InChI=1S/C15H15N3O/c1-18(2)11-5-3-10(4-6-11)15-16-13-8-7-12(19)9-14(13)17-15/h3-9,19H,1-2H3,(H,16,17). The van der Waals surface area contributed by atoms with Crippen molar-refractivity contribution in [2.75, 3.05) is 19.0 Å². The topological polar surface area (TPSA) is 52.1 Å². The van der Waals surface area contributed by atoms with Gasteiger partial charge in [-0.2, -0.15) is 0 Å². The van der Waals surface area contributed by atoms with Crippen LogP contribution in [0.15, 0.2) is 42.5 Å². The van der Waals surface area contributed by atoms with Crippen LogP contribution in [-0.4, -0.2) is 29.2 Å². The van der Waals surface area contributed by atoms with E-state index in [2.05, 4.69) is 27.0 Å². The monoisotopic (exact) mass is 253 g/mol. The van der Waals surface area contributed by atoms with E-state index < -0.39 is 0 Å². The highest BCUT2D eigenvalue weighted by Gasteiger charge is 2.06. The number of aromatic nitrogens is 2. The molecule has 0 fully saturated rings. The fourth-order valence-electron chi connectivity index (χ4n) is 2.05. The van der Waals surface area contributed by atoms with Crippen LogP contribution in [0.5, 0.6) is 5.75 Å². The number of aromatic amines is 1. The van der Waals surface area contributed by atoms with Crippen LogP contribution in [0.4, 0.5) is 5.69 Å². The molecule has 0 radical (unpaired) electrons. The van der Waals surface area contributed by atoms with Crippen molar-refractivity contribution in [2.45, 2.75) is 0 Å². The molecule has 96 valence electrons. The molecular formula is C15H15N3O. The van der Waals surface area contributed by atoms with E-state index in [0.717, 1.165) is 28.1 Å². The highest BCUT2D eigenvalue weighted by molar-refractivity contribution is 5.80. The van der Waals surface area contributed by atoms with Gasteiger partial charge in [-0.25, -0.2) is 4.98 Å². The maximum atomic E-state index is 9.45. The third-order valence-corrected chi connectivity index (χ3v) is 3.12. The van der Waals surface area contributed by atoms with Gasteiger partial charge in [-0.15, -0.1) is 0 Å². The van der Waals surface area contributed by atoms with Crippen molar-refractivity contribution >= 4 is 16.7 Å². The highest BCUT2D eigenvalue weighted by atomic mass is 16.3. The van der Waals surface area contributed by atoms with Gasteiger partial charge >= 0.3 is 0 Å². The Bertz CT molecular complexity index is 714. The summed E-state index contributed by atoms with van der Waals surface area (Å²) < 4.78 is 0. The van der Waals surface area contributed by atoms with E-state index in [1.165, 1.54) is 0 Å². The Hall–Kier alpha value is -2.49. The summed E-state index contributed by atoms with van der Waals surface area (Å²) in [5.74, 6) is 1.05. The first kappa shape index (κ1) is 11.6. The van der Waals surface area contributed by atoms with Gasteiger partial charge in [-0.3, -0.25) is 0 Å². The van der Waals surface area contributed by atoms with Crippen molar-refractivity contribution in [1.29, 1.82) is 0 Å². The molecule has 0 saturated heterocycles. The van der Waals surface area contributed by atoms with Crippen molar-refractivity contribution in [3.8, 4) is 17.1 Å². The van der Waals surface area contributed by atoms with Crippen LogP contribution in [0.25, 0.3) is 22.4 Å². The highest BCUT2D eigenvalue weighted by Crippen LogP contribution is 2.24. The second kappa shape index (κ2) is 4.31. The molecule has 1 aromatic heterocycles. The Morgan fingerprint density at radius 1 is 1.05 bits per heavy atom. The number of aromatic hydroxyl groups is 1. The summed E-state index contributed by atoms with van der Waals surface area (Å²) in [5.41, 5.74) is 3.87. The molecule has 19 heavy (non-hydrogen) atoms. The Morgan fingerprint density at radius 2 is 1.79 bits per heavy atom. The average molecular weight is 253 g/mol. The van der Waals surface area contributed by atoms with Gasteiger partial charge < -0.3 is 15.0 Å². The summed E-state index contributed by atoms with van der Waals surface area (Å²) in [6.07, 6.45) is 0. The number of phenols is 1. The van der Waals surface area contributed by atoms with Crippen molar-refractivity contribution < 1.29 is 5.11 Å². The largest absolute Gasteiger partial charge is 0.508 e. The second-order valence-electron chi connectivity index (χ2n) is 4.73. The molecule has 4 heteroatoms. The number of nitrogens with zero attached hydrogens (tertiary/aromatic N) is 2. The third kappa shape index (κ3) is 2.12. The first-order valence-electron chi connectivity index (χ1n) is 6.10. The number of phenolic OH excluding ortho intramolecular Hbond substituents is 1. The number of H-pyrrole nitrogens is 1. The normalized spacial score (nSPS) is 10.8. The molecule has 3 aromatic rings. The third-order valence-electron chi connectivity index (χ3n) is 3.12. The molecular weight excluding hydrogens is 238 g/mol. The molecule has 0 unspecified atom stereocenters. The summed E-state index contributed by atoms with van der Waals surface area (Å²) >= 11 is 0. The zero-order chi connectivity index (χ0) is 13.4. The van der Waals surface area contributed by atoms with Crippen LogP contribution in [0, 0.1) is 0 Å². The van der Waals surface area contributed by atoms with E-state index in [1.807, 2.05) is 26.2 Å². The Kier molecular flexibility index (Phi) is 2.63. The molecule has 0 amide bonds. The van der Waals surface area contributed by atoms with Crippen molar-refractivity contribution in [3.63, 3.8) is 0 Å². The summed E-state index contributed by atoms with van der Waals surface area (Å²) in [4.78, 5) is 9.79. The Balaban J connectivity index is 2.03. The van der Waals surface area contributed by atoms with E-state index >= 15 is 0 Å². The fraction of sp³-hybridized carbons (Fsp3) is 0.133. The summed E-state index contributed by atoms with van der Waals surface area (Å²) in [6.45, 7) is 0.